The molecule has 4 N–H and O–H groups in total. The topological polar surface area (TPSA) is 71.2 Å². The molecular formula is C16H15N3O. The molecule has 4 heteroatoms. The number of aromatic hydroxyl groups is 1. The molecule has 1 aromatic heterocycles. The van der Waals surface area contributed by atoms with Gasteiger partial charge in [-0.25, -0.2) is 4.98 Å². The zero-order valence-corrected chi connectivity index (χ0v) is 10.9. The van der Waals surface area contributed by atoms with Crippen LogP contribution in [0.4, 0.5) is 11.5 Å². The standard InChI is InChI=1S/C16H15N3O/c17-13-5-6-15(20)12(9-13)10-19-16-14-4-2-1-3-11(14)7-8-18-16/h1-9,20H,10,17H2,(H,18,19). The lowest BCUT2D eigenvalue weighted by atomic mass is 10.1. The predicted molar refractivity (Wildman–Crippen MR) is 81.6 cm³/mol. The molecule has 0 amide bonds. The van der Waals surface area contributed by atoms with Gasteiger partial charge in [-0.1, -0.05) is 24.3 Å². The average Bonchev–Trinajstić information content (AvgIpc) is 2.48. The summed E-state index contributed by atoms with van der Waals surface area (Å²) in [7, 11) is 0. The van der Waals surface area contributed by atoms with Crippen LogP contribution in [0.3, 0.4) is 0 Å². The molecule has 0 spiro atoms. The average molecular weight is 265 g/mol. The number of pyridine rings is 1. The van der Waals surface area contributed by atoms with E-state index >= 15 is 0 Å². The van der Waals surface area contributed by atoms with Gasteiger partial charge in [-0.05, 0) is 29.7 Å². The number of nitrogens with two attached hydrogens (primary N) is 1. The van der Waals surface area contributed by atoms with Crippen molar-refractivity contribution in [1.29, 1.82) is 0 Å². The molecule has 3 rings (SSSR count). The monoisotopic (exact) mass is 265 g/mol. The van der Waals surface area contributed by atoms with E-state index < -0.39 is 0 Å². The third-order valence-electron chi connectivity index (χ3n) is 3.22. The van der Waals surface area contributed by atoms with Crippen molar-refractivity contribution in [3.05, 3.63) is 60.3 Å². The first-order valence-corrected chi connectivity index (χ1v) is 6.39. The van der Waals surface area contributed by atoms with E-state index in [2.05, 4.69) is 10.3 Å². The minimum Gasteiger partial charge on any atom is -0.508 e. The largest absolute Gasteiger partial charge is 0.508 e. The van der Waals surface area contributed by atoms with Crippen molar-refractivity contribution < 1.29 is 5.11 Å². The molecule has 1 heterocycles. The first-order chi connectivity index (χ1) is 9.74. The van der Waals surface area contributed by atoms with E-state index in [1.807, 2.05) is 30.3 Å². The van der Waals surface area contributed by atoms with E-state index in [1.54, 1.807) is 24.4 Å². The highest BCUT2D eigenvalue weighted by Gasteiger charge is 2.04. The van der Waals surface area contributed by atoms with Crippen molar-refractivity contribution in [1.82, 2.24) is 4.98 Å². The predicted octanol–water partition coefficient (Wildman–Crippen LogP) is 3.13. The van der Waals surface area contributed by atoms with Crippen LogP contribution in [0.1, 0.15) is 5.56 Å². The fourth-order valence-electron chi connectivity index (χ4n) is 2.19. The third-order valence-corrected chi connectivity index (χ3v) is 3.22. The van der Waals surface area contributed by atoms with E-state index in [-0.39, 0.29) is 5.75 Å². The molecule has 20 heavy (non-hydrogen) atoms. The summed E-state index contributed by atoms with van der Waals surface area (Å²) in [6.45, 7) is 0.470. The molecule has 3 aromatic rings. The molecule has 0 aliphatic carbocycles. The van der Waals surface area contributed by atoms with Crippen molar-refractivity contribution >= 4 is 22.3 Å². The Bertz CT molecular complexity index is 750. The molecule has 0 radical (unpaired) electrons. The molecule has 0 atom stereocenters. The molecule has 0 saturated carbocycles. The zero-order chi connectivity index (χ0) is 13.9. The Balaban J connectivity index is 1.89. The summed E-state index contributed by atoms with van der Waals surface area (Å²) in [5.74, 6) is 1.02. The van der Waals surface area contributed by atoms with Crippen molar-refractivity contribution in [2.75, 3.05) is 11.1 Å². The van der Waals surface area contributed by atoms with Crippen LogP contribution in [-0.2, 0) is 6.54 Å². The number of nitrogen functional groups attached to an aromatic ring is 1. The van der Waals surface area contributed by atoms with Crippen LogP contribution in [0.5, 0.6) is 5.75 Å². The number of benzene rings is 2. The third kappa shape index (κ3) is 2.36. The van der Waals surface area contributed by atoms with E-state index in [0.717, 1.165) is 22.2 Å². The van der Waals surface area contributed by atoms with Gasteiger partial charge >= 0.3 is 0 Å². The Labute approximate surface area is 116 Å². The lowest BCUT2D eigenvalue weighted by Crippen LogP contribution is -2.02. The molecule has 0 aliphatic heterocycles. The SMILES string of the molecule is Nc1ccc(O)c(CNc2nccc3ccccc23)c1. The van der Waals surface area contributed by atoms with Gasteiger partial charge in [0.15, 0.2) is 0 Å². The maximum atomic E-state index is 9.81. The van der Waals surface area contributed by atoms with Crippen LogP contribution < -0.4 is 11.1 Å². The van der Waals surface area contributed by atoms with Gasteiger partial charge in [-0.3, -0.25) is 0 Å². The number of aromatic nitrogens is 1. The minimum atomic E-state index is 0.229. The Hall–Kier alpha value is -2.75. The number of hydrogen-bond acceptors (Lipinski definition) is 4. The Morgan fingerprint density at radius 2 is 1.95 bits per heavy atom. The number of hydrogen-bond donors (Lipinski definition) is 3. The minimum absolute atomic E-state index is 0.229. The molecule has 4 nitrogen and oxygen atoms in total. The molecule has 0 bridgehead atoms. The summed E-state index contributed by atoms with van der Waals surface area (Å²) >= 11 is 0. The summed E-state index contributed by atoms with van der Waals surface area (Å²) < 4.78 is 0. The number of anilines is 2. The van der Waals surface area contributed by atoms with Gasteiger partial charge in [0, 0.05) is 29.4 Å². The normalized spacial score (nSPS) is 10.6. The summed E-state index contributed by atoms with van der Waals surface area (Å²) in [5.41, 5.74) is 7.11. The Morgan fingerprint density at radius 3 is 2.85 bits per heavy atom. The van der Waals surface area contributed by atoms with E-state index in [1.165, 1.54) is 0 Å². The summed E-state index contributed by atoms with van der Waals surface area (Å²) in [6.07, 6.45) is 1.77. The Kier molecular flexibility index (Phi) is 3.13. The highest BCUT2D eigenvalue weighted by molar-refractivity contribution is 5.91. The number of nitrogens with one attached hydrogen (secondary N) is 1. The molecule has 100 valence electrons. The lowest BCUT2D eigenvalue weighted by molar-refractivity contribution is 0.469. The van der Waals surface area contributed by atoms with Crippen LogP contribution in [-0.4, -0.2) is 10.1 Å². The summed E-state index contributed by atoms with van der Waals surface area (Å²) in [5, 5.41) is 15.2. The van der Waals surface area contributed by atoms with Crippen molar-refractivity contribution in [2.45, 2.75) is 6.54 Å². The van der Waals surface area contributed by atoms with Crippen molar-refractivity contribution in [3.63, 3.8) is 0 Å². The van der Waals surface area contributed by atoms with Crippen LogP contribution in [0, 0.1) is 0 Å². The fourth-order valence-corrected chi connectivity index (χ4v) is 2.19. The van der Waals surface area contributed by atoms with Gasteiger partial charge < -0.3 is 16.2 Å². The van der Waals surface area contributed by atoms with Crippen LogP contribution in [0.2, 0.25) is 0 Å². The molecule has 2 aromatic carbocycles. The van der Waals surface area contributed by atoms with Gasteiger partial charge in [0.05, 0.1) is 0 Å². The van der Waals surface area contributed by atoms with E-state index in [4.69, 9.17) is 5.73 Å². The number of phenols is 1. The second-order valence-corrected chi connectivity index (χ2v) is 4.62. The number of phenolic OH excluding ortho intramolecular Hbond substituents is 1. The smallest absolute Gasteiger partial charge is 0.134 e. The second-order valence-electron chi connectivity index (χ2n) is 4.62. The lowest BCUT2D eigenvalue weighted by Gasteiger charge is -2.10. The quantitative estimate of drug-likeness (QED) is 0.502. The van der Waals surface area contributed by atoms with Gasteiger partial charge in [-0.15, -0.1) is 0 Å². The number of nitrogens with zero attached hydrogens (tertiary/aromatic N) is 1. The number of rotatable bonds is 3. The van der Waals surface area contributed by atoms with Crippen LogP contribution in [0.15, 0.2) is 54.7 Å². The first kappa shape index (κ1) is 12.3. The van der Waals surface area contributed by atoms with E-state index in [9.17, 15) is 5.11 Å². The van der Waals surface area contributed by atoms with Gasteiger partial charge in [0.25, 0.3) is 0 Å². The van der Waals surface area contributed by atoms with Crippen LogP contribution >= 0.6 is 0 Å². The van der Waals surface area contributed by atoms with Gasteiger partial charge in [-0.2, -0.15) is 0 Å². The number of fused-ring (bicyclic) bond motifs is 1. The van der Waals surface area contributed by atoms with Gasteiger partial charge in [0.2, 0.25) is 0 Å². The second kappa shape index (κ2) is 5.09. The summed E-state index contributed by atoms with van der Waals surface area (Å²) in [4.78, 5) is 4.35. The maximum absolute atomic E-state index is 9.81. The first-order valence-electron chi connectivity index (χ1n) is 6.39. The molecule has 0 aliphatic rings. The maximum Gasteiger partial charge on any atom is 0.134 e. The molecule has 0 fully saturated rings. The van der Waals surface area contributed by atoms with E-state index in [0.29, 0.717) is 12.2 Å². The van der Waals surface area contributed by atoms with Crippen molar-refractivity contribution in [3.8, 4) is 5.75 Å². The molecular weight excluding hydrogens is 250 g/mol. The van der Waals surface area contributed by atoms with Crippen LogP contribution in [0.25, 0.3) is 10.8 Å². The Morgan fingerprint density at radius 1 is 1.10 bits per heavy atom. The summed E-state index contributed by atoms with van der Waals surface area (Å²) in [6, 6.07) is 15.0. The van der Waals surface area contributed by atoms with Crippen molar-refractivity contribution in [2.24, 2.45) is 0 Å². The highest BCUT2D eigenvalue weighted by atomic mass is 16.3. The zero-order valence-electron chi connectivity index (χ0n) is 10.9. The fraction of sp³-hybridized carbons (Fsp3) is 0.0625. The molecule has 0 saturated heterocycles. The van der Waals surface area contributed by atoms with Gasteiger partial charge in [0.1, 0.15) is 11.6 Å². The highest BCUT2D eigenvalue weighted by Crippen LogP contribution is 2.24. The molecule has 0 unspecified atom stereocenters.